The molecule has 1 N–H and O–H groups in total. The fourth-order valence-corrected chi connectivity index (χ4v) is 2.58. The molecule has 24 heavy (non-hydrogen) atoms. The first kappa shape index (κ1) is 16.2. The van der Waals surface area contributed by atoms with Gasteiger partial charge in [0.15, 0.2) is 0 Å². The molecule has 5 nitrogen and oxygen atoms in total. The van der Waals surface area contributed by atoms with Gasteiger partial charge in [-0.15, -0.1) is 11.6 Å². The molecule has 1 heterocycles. The molecule has 0 saturated heterocycles. The van der Waals surface area contributed by atoms with Gasteiger partial charge in [-0.05, 0) is 22.3 Å². The summed E-state index contributed by atoms with van der Waals surface area (Å²) in [4.78, 5) is 15.3. The predicted octanol–water partition coefficient (Wildman–Crippen LogP) is 2.85. The first-order valence-electron chi connectivity index (χ1n) is 7.58. The summed E-state index contributed by atoms with van der Waals surface area (Å²) in [6.07, 6.45) is 3.22. The van der Waals surface area contributed by atoms with E-state index in [2.05, 4.69) is 45.7 Å². The van der Waals surface area contributed by atoms with Crippen LogP contribution in [0.25, 0.3) is 11.1 Å². The molecule has 0 atom stereocenters. The Balaban J connectivity index is 1.77. The molecule has 0 radical (unpaired) electrons. The summed E-state index contributed by atoms with van der Waals surface area (Å²) in [5, 5.41) is 6.92. The van der Waals surface area contributed by atoms with Gasteiger partial charge in [0.2, 0.25) is 5.91 Å². The lowest BCUT2D eigenvalue weighted by molar-refractivity contribution is -0.118. The van der Waals surface area contributed by atoms with Gasteiger partial charge >= 0.3 is 0 Å². The summed E-state index contributed by atoms with van der Waals surface area (Å²) in [5.41, 5.74) is 4.41. The number of halogens is 1. The maximum atomic E-state index is 11.4. The van der Waals surface area contributed by atoms with E-state index < -0.39 is 0 Å². The normalized spacial score (nSPS) is 10.5. The van der Waals surface area contributed by atoms with E-state index in [1.165, 1.54) is 6.33 Å². The fourth-order valence-electron chi connectivity index (χ4n) is 2.49. The number of hydrogen-bond donors (Lipinski definition) is 1. The molecule has 3 rings (SSSR count). The lowest BCUT2D eigenvalue weighted by Crippen LogP contribution is -2.23. The first-order valence-corrected chi connectivity index (χ1v) is 8.12. The predicted molar refractivity (Wildman–Crippen MR) is 93.6 cm³/mol. The molecule has 0 aliphatic rings. The molecule has 3 aromatic rings. The van der Waals surface area contributed by atoms with Crippen molar-refractivity contribution in [3.05, 3.63) is 72.3 Å². The minimum atomic E-state index is -0.172. The highest BCUT2D eigenvalue weighted by Gasteiger charge is 2.06. The number of carbonyl (C=O) groups is 1. The molecule has 1 aromatic heterocycles. The van der Waals surface area contributed by atoms with Crippen LogP contribution < -0.4 is 5.32 Å². The second-order valence-corrected chi connectivity index (χ2v) is 5.62. The van der Waals surface area contributed by atoms with Crippen molar-refractivity contribution in [2.75, 3.05) is 5.88 Å². The molecule has 0 fully saturated rings. The highest BCUT2D eigenvalue weighted by Crippen LogP contribution is 2.24. The van der Waals surface area contributed by atoms with E-state index in [0.29, 0.717) is 13.1 Å². The molecule has 0 spiro atoms. The Morgan fingerprint density at radius 2 is 1.92 bits per heavy atom. The highest BCUT2D eigenvalue weighted by molar-refractivity contribution is 6.27. The van der Waals surface area contributed by atoms with Crippen LogP contribution in [0.5, 0.6) is 0 Å². The second kappa shape index (κ2) is 7.75. The largest absolute Gasteiger partial charge is 0.351 e. The monoisotopic (exact) mass is 340 g/mol. The zero-order valence-corrected chi connectivity index (χ0v) is 13.8. The van der Waals surface area contributed by atoms with Gasteiger partial charge < -0.3 is 5.32 Å². The minimum absolute atomic E-state index is 0.0286. The first-order chi connectivity index (χ1) is 11.8. The molecule has 2 aromatic carbocycles. The van der Waals surface area contributed by atoms with Crippen LogP contribution in [0.3, 0.4) is 0 Å². The van der Waals surface area contributed by atoms with Crippen LogP contribution in [0.4, 0.5) is 0 Å². The van der Waals surface area contributed by atoms with Crippen LogP contribution in [0, 0.1) is 0 Å². The minimum Gasteiger partial charge on any atom is -0.351 e. The molecule has 0 unspecified atom stereocenters. The lowest BCUT2D eigenvalue weighted by Gasteiger charge is -2.11. The summed E-state index contributed by atoms with van der Waals surface area (Å²) in [6.45, 7) is 1.15. The van der Waals surface area contributed by atoms with Crippen molar-refractivity contribution in [1.29, 1.82) is 0 Å². The Hall–Kier alpha value is -2.66. The van der Waals surface area contributed by atoms with Gasteiger partial charge in [0.1, 0.15) is 18.5 Å². The fraction of sp³-hybridized carbons (Fsp3) is 0.167. The number of nitrogens with zero attached hydrogens (tertiary/aromatic N) is 3. The summed E-state index contributed by atoms with van der Waals surface area (Å²) >= 11 is 5.53. The van der Waals surface area contributed by atoms with E-state index >= 15 is 0 Å². The molecular weight excluding hydrogens is 324 g/mol. The van der Waals surface area contributed by atoms with Gasteiger partial charge in [0, 0.05) is 6.54 Å². The number of carbonyl (C=O) groups excluding carboxylic acids is 1. The molecule has 0 aliphatic carbocycles. The molecule has 0 saturated carbocycles. The summed E-state index contributed by atoms with van der Waals surface area (Å²) in [7, 11) is 0. The maximum Gasteiger partial charge on any atom is 0.235 e. The van der Waals surface area contributed by atoms with Crippen molar-refractivity contribution in [3.63, 3.8) is 0 Å². The van der Waals surface area contributed by atoms with Crippen LogP contribution >= 0.6 is 11.6 Å². The number of aromatic nitrogens is 3. The van der Waals surface area contributed by atoms with E-state index in [1.54, 1.807) is 11.0 Å². The van der Waals surface area contributed by atoms with Gasteiger partial charge in [-0.3, -0.25) is 4.79 Å². The van der Waals surface area contributed by atoms with Crippen molar-refractivity contribution in [2.24, 2.45) is 0 Å². The van der Waals surface area contributed by atoms with Crippen molar-refractivity contribution >= 4 is 17.5 Å². The standard InChI is InChI=1S/C18H17ClN4O/c19-9-18(24)21-10-16-3-1-2-4-17(16)15-7-5-14(6-8-15)11-23-13-20-12-22-23/h1-8,12-13H,9-11H2,(H,21,24). The highest BCUT2D eigenvalue weighted by atomic mass is 35.5. The number of hydrogen-bond acceptors (Lipinski definition) is 3. The third kappa shape index (κ3) is 4.00. The third-order valence-electron chi connectivity index (χ3n) is 3.69. The van der Waals surface area contributed by atoms with E-state index in [1.807, 2.05) is 18.2 Å². The number of amides is 1. The Labute approximate surface area is 145 Å². The van der Waals surface area contributed by atoms with Gasteiger partial charge in [-0.2, -0.15) is 5.10 Å². The van der Waals surface area contributed by atoms with E-state index in [0.717, 1.165) is 22.3 Å². The Morgan fingerprint density at radius 1 is 1.12 bits per heavy atom. The van der Waals surface area contributed by atoms with Crippen molar-refractivity contribution < 1.29 is 4.79 Å². The third-order valence-corrected chi connectivity index (χ3v) is 3.93. The number of nitrogens with one attached hydrogen (secondary N) is 1. The van der Waals surface area contributed by atoms with E-state index in [9.17, 15) is 4.79 Å². The molecule has 6 heteroatoms. The van der Waals surface area contributed by atoms with E-state index in [4.69, 9.17) is 11.6 Å². The summed E-state index contributed by atoms with van der Waals surface area (Å²) in [6, 6.07) is 16.3. The van der Waals surface area contributed by atoms with Crippen LogP contribution in [0.15, 0.2) is 61.2 Å². The molecule has 0 aliphatic heterocycles. The zero-order chi connectivity index (χ0) is 16.8. The van der Waals surface area contributed by atoms with Crippen LogP contribution in [0.2, 0.25) is 0 Å². The average molecular weight is 341 g/mol. The Bertz CT molecular complexity index is 800. The van der Waals surface area contributed by atoms with Crippen molar-refractivity contribution in [2.45, 2.75) is 13.1 Å². The molecular formula is C18H17ClN4O. The van der Waals surface area contributed by atoms with Crippen LogP contribution in [-0.2, 0) is 17.9 Å². The van der Waals surface area contributed by atoms with Gasteiger partial charge in [0.05, 0.1) is 6.54 Å². The van der Waals surface area contributed by atoms with Crippen molar-refractivity contribution in [1.82, 2.24) is 20.1 Å². The topological polar surface area (TPSA) is 59.8 Å². The zero-order valence-electron chi connectivity index (χ0n) is 13.0. The Morgan fingerprint density at radius 3 is 2.62 bits per heavy atom. The molecule has 122 valence electrons. The van der Waals surface area contributed by atoms with E-state index in [-0.39, 0.29) is 11.8 Å². The van der Waals surface area contributed by atoms with Gasteiger partial charge in [-0.25, -0.2) is 9.67 Å². The SMILES string of the molecule is O=C(CCl)NCc1ccccc1-c1ccc(Cn2cncn2)cc1. The van der Waals surface area contributed by atoms with Crippen molar-refractivity contribution in [3.8, 4) is 11.1 Å². The van der Waals surface area contributed by atoms with Gasteiger partial charge in [-0.1, -0.05) is 48.5 Å². The molecule has 1 amide bonds. The number of alkyl halides is 1. The Kier molecular flexibility index (Phi) is 5.23. The second-order valence-electron chi connectivity index (χ2n) is 5.36. The average Bonchev–Trinajstić information content (AvgIpc) is 3.13. The smallest absolute Gasteiger partial charge is 0.235 e. The summed E-state index contributed by atoms with van der Waals surface area (Å²) in [5.74, 6) is -0.200. The maximum absolute atomic E-state index is 11.4. The number of rotatable bonds is 6. The lowest BCUT2D eigenvalue weighted by atomic mass is 9.98. The van der Waals surface area contributed by atoms with Crippen LogP contribution in [0.1, 0.15) is 11.1 Å². The van der Waals surface area contributed by atoms with Gasteiger partial charge in [0.25, 0.3) is 0 Å². The summed E-state index contributed by atoms with van der Waals surface area (Å²) < 4.78 is 1.78. The quantitative estimate of drug-likeness (QED) is 0.702. The molecule has 0 bridgehead atoms. The number of benzene rings is 2. The van der Waals surface area contributed by atoms with Crippen LogP contribution in [-0.4, -0.2) is 26.6 Å².